The van der Waals surface area contributed by atoms with Crippen molar-refractivity contribution in [2.24, 2.45) is 5.92 Å². The van der Waals surface area contributed by atoms with Gasteiger partial charge in [0.15, 0.2) is 0 Å². The first-order valence-electron chi connectivity index (χ1n) is 10.7. The van der Waals surface area contributed by atoms with Crippen molar-refractivity contribution in [3.8, 4) is 0 Å². The third-order valence-corrected chi connectivity index (χ3v) is 7.56. The van der Waals surface area contributed by atoms with Crippen LogP contribution in [0.25, 0.3) is 0 Å². The molecule has 1 N–H and O–H groups in total. The van der Waals surface area contributed by atoms with Crippen molar-refractivity contribution in [3.05, 3.63) is 70.8 Å². The molecule has 0 spiro atoms. The zero-order chi connectivity index (χ0) is 21.6. The minimum absolute atomic E-state index is 0.0170. The Bertz CT molecular complexity index is 947. The van der Waals surface area contributed by atoms with E-state index in [2.05, 4.69) is 36.5 Å². The number of nitrogens with one attached hydrogen (secondary N) is 1. The van der Waals surface area contributed by atoms with Crippen LogP contribution in [0.2, 0.25) is 0 Å². The number of carbonyl (C=O) groups is 1. The molecule has 0 radical (unpaired) electrons. The first-order valence-corrected chi connectivity index (χ1v) is 12.3. The quantitative estimate of drug-likeness (QED) is 0.654. The largest absolute Gasteiger partial charge is 0.356 e. The number of rotatable bonds is 8. The summed E-state index contributed by atoms with van der Waals surface area (Å²) in [7, 11) is -3.35. The highest BCUT2D eigenvalue weighted by Crippen LogP contribution is 2.22. The van der Waals surface area contributed by atoms with Crippen LogP contribution in [0.4, 0.5) is 0 Å². The standard InChI is InChI=1S/C24H32N2O3S/c1-19-8-10-22(11-9-19)18-30(28,29)26-15-12-23(13-16-26)24(27)25-14-4-7-21-6-3-5-20(2)17-21/h3,5-6,8-11,17,23H,4,7,12-16,18H2,1-2H3,(H,25,27). The number of carbonyl (C=O) groups excluding carboxylic acids is 1. The smallest absolute Gasteiger partial charge is 0.223 e. The third-order valence-electron chi connectivity index (χ3n) is 5.71. The van der Waals surface area contributed by atoms with Crippen LogP contribution in [0.15, 0.2) is 48.5 Å². The summed E-state index contributed by atoms with van der Waals surface area (Å²) in [4.78, 5) is 12.5. The van der Waals surface area contributed by atoms with Crippen LogP contribution in [0.5, 0.6) is 0 Å². The van der Waals surface area contributed by atoms with Gasteiger partial charge in [0.05, 0.1) is 5.75 Å². The fourth-order valence-electron chi connectivity index (χ4n) is 3.90. The molecule has 3 rings (SSSR count). The lowest BCUT2D eigenvalue weighted by Gasteiger charge is -2.30. The topological polar surface area (TPSA) is 66.5 Å². The van der Waals surface area contributed by atoms with E-state index < -0.39 is 10.0 Å². The van der Waals surface area contributed by atoms with E-state index in [0.717, 1.165) is 24.0 Å². The van der Waals surface area contributed by atoms with Gasteiger partial charge in [0.1, 0.15) is 0 Å². The van der Waals surface area contributed by atoms with Crippen LogP contribution < -0.4 is 5.32 Å². The van der Waals surface area contributed by atoms with Crippen molar-refractivity contribution in [1.82, 2.24) is 9.62 Å². The molecule has 1 aliphatic heterocycles. The van der Waals surface area contributed by atoms with Gasteiger partial charge in [-0.15, -0.1) is 0 Å². The second-order valence-electron chi connectivity index (χ2n) is 8.30. The molecule has 0 atom stereocenters. The zero-order valence-electron chi connectivity index (χ0n) is 17.9. The second-order valence-corrected chi connectivity index (χ2v) is 10.3. The number of hydrogen-bond acceptors (Lipinski definition) is 3. The maximum atomic E-state index is 12.7. The molecule has 2 aromatic carbocycles. The Balaban J connectivity index is 1.40. The first-order chi connectivity index (χ1) is 14.3. The van der Waals surface area contributed by atoms with Crippen LogP contribution in [0, 0.1) is 19.8 Å². The lowest BCUT2D eigenvalue weighted by molar-refractivity contribution is -0.126. The summed E-state index contributed by atoms with van der Waals surface area (Å²) in [6.45, 7) is 5.54. The Labute approximate surface area is 180 Å². The average molecular weight is 429 g/mol. The zero-order valence-corrected chi connectivity index (χ0v) is 18.7. The average Bonchev–Trinajstić information content (AvgIpc) is 2.73. The molecule has 0 aliphatic carbocycles. The normalized spacial score (nSPS) is 15.8. The molecule has 1 aliphatic rings. The molecule has 1 heterocycles. The molecule has 6 heteroatoms. The van der Waals surface area contributed by atoms with E-state index in [1.807, 2.05) is 31.2 Å². The summed E-state index contributed by atoms with van der Waals surface area (Å²) >= 11 is 0. The van der Waals surface area contributed by atoms with Gasteiger partial charge in [-0.25, -0.2) is 12.7 Å². The summed E-state index contributed by atoms with van der Waals surface area (Å²) in [6.07, 6.45) is 3.00. The van der Waals surface area contributed by atoms with Gasteiger partial charge >= 0.3 is 0 Å². The monoisotopic (exact) mass is 428 g/mol. The number of aryl methyl sites for hydroxylation is 3. The van der Waals surface area contributed by atoms with E-state index in [9.17, 15) is 13.2 Å². The van der Waals surface area contributed by atoms with Gasteiger partial charge in [-0.1, -0.05) is 59.7 Å². The molecule has 5 nitrogen and oxygen atoms in total. The van der Waals surface area contributed by atoms with Gasteiger partial charge in [-0.3, -0.25) is 4.79 Å². The number of sulfonamides is 1. The number of benzene rings is 2. The van der Waals surface area contributed by atoms with E-state index in [1.165, 1.54) is 15.4 Å². The SMILES string of the molecule is Cc1ccc(CS(=O)(=O)N2CCC(C(=O)NCCCc3cccc(C)c3)CC2)cc1. The molecule has 1 saturated heterocycles. The molecule has 1 amide bonds. The van der Waals surface area contributed by atoms with Crippen molar-refractivity contribution in [1.29, 1.82) is 0 Å². The first kappa shape index (κ1) is 22.5. The van der Waals surface area contributed by atoms with Gasteiger partial charge in [0.25, 0.3) is 0 Å². The minimum Gasteiger partial charge on any atom is -0.356 e. The van der Waals surface area contributed by atoms with Crippen molar-refractivity contribution < 1.29 is 13.2 Å². The van der Waals surface area contributed by atoms with E-state index in [1.54, 1.807) is 0 Å². The van der Waals surface area contributed by atoms with Gasteiger partial charge in [0.2, 0.25) is 15.9 Å². The molecule has 0 bridgehead atoms. The lowest BCUT2D eigenvalue weighted by atomic mass is 9.97. The summed E-state index contributed by atoms with van der Waals surface area (Å²) in [6, 6.07) is 16.0. The summed E-state index contributed by atoms with van der Waals surface area (Å²) in [5.41, 5.74) is 4.45. The Morgan fingerprint density at radius 2 is 1.70 bits per heavy atom. The van der Waals surface area contributed by atoms with Gasteiger partial charge in [0, 0.05) is 25.6 Å². The highest BCUT2D eigenvalue weighted by atomic mass is 32.2. The highest BCUT2D eigenvalue weighted by molar-refractivity contribution is 7.88. The molecule has 0 aromatic heterocycles. The molecule has 2 aromatic rings. The number of piperidine rings is 1. The van der Waals surface area contributed by atoms with Crippen molar-refractivity contribution in [2.75, 3.05) is 19.6 Å². The predicted molar refractivity (Wildman–Crippen MR) is 121 cm³/mol. The summed E-state index contributed by atoms with van der Waals surface area (Å²) < 4.78 is 27.0. The number of nitrogens with zero attached hydrogens (tertiary/aromatic N) is 1. The maximum Gasteiger partial charge on any atom is 0.223 e. The van der Waals surface area contributed by atoms with E-state index >= 15 is 0 Å². The Morgan fingerprint density at radius 3 is 2.37 bits per heavy atom. The van der Waals surface area contributed by atoms with Crippen LogP contribution >= 0.6 is 0 Å². The Hall–Kier alpha value is -2.18. The Kier molecular flexibility index (Phi) is 7.67. The predicted octanol–water partition coefficient (Wildman–Crippen LogP) is 3.59. The van der Waals surface area contributed by atoms with Crippen LogP contribution in [-0.4, -0.2) is 38.3 Å². The van der Waals surface area contributed by atoms with Crippen LogP contribution in [-0.2, 0) is 27.0 Å². The molecule has 162 valence electrons. The molecule has 30 heavy (non-hydrogen) atoms. The summed E-state index contributed by atoms with van der Waals surface area (Å²) in [5.74, 6) is -0.0343. The fourth-order valence-corrected chi connectivity index (χ4v) is 5.46. The van der Waals surface area contributed by atoms with Gasteiger partial charge < -0.3 is 5.32 Å². The molecule has 0 saturated carbocycles. The Morgan fingerprint density at radius 1 is 1.00 bits per heavy atom. The highest BCUT2D eigenvalue weighted by Gasteiger charge is 2.31. The van der Waals surface area contributed by atoms with Crippen molar-refractivity contribution in [3.63, 3.8) is 0 Å². The second kappa shape index (κ2) is 10.2. The van der Waals surface area contributed by atoms with Crippen LogP contribution in [0.1, 0.15) is 41.5 Å². The van der Waals surface area contributed by atoms with E-state index in [-0.39, 0.29) is 17.6 Å². The molecular weight excluding hydrogens is 396 g/mol. The fraction of sp³-hybridized carbons (Fsp3) is 0.458. The summed E-state index contributed by atoms with van der Waals surface area (Å²) in [5, 5.41) is 3.03. The van der Waals surface area contributed by atoms with Gasteiger partial charge in [-0.2, -0.15) is 0 Å². The minimum atomic E-state index is -3.35. The van der Waals surface area contributed by atoms with Crippen LogP contribution in [0.3, 0.4) is 0 Å². The van der Waals surface area contributed by atoms with Crippen molar-refractivity contribution in [2.45, 2.75) is 45.3 Å². The van der Waals surface area contributed by atoms with E-state index in [4.69, 9.17) is 0 Å². The maximum absolute atomic E-state index is 12.7. The molecular formula is C24H32N2O3S. The van der Waals surface area contributed by atoms with Gasteiger partial charge in [-0.05, 0) is 50.7 Å². The van der Waals surface area contributed by atoms with Crippen molar-refractivity contribution >= 4 is 15.9 Å². The lowest BCUT2D eigenvalue weighted by Crippen LogP contribution is -2.43. The number of hydrogen-bond donors (Lipinski definition) is 1. The molecule has 1 fully saturated rings. The molecule has 0 unspecified atom stereocenters. The van der Waals surface area contributed by atoms with E-state index in [0.29, 0.717) is 32.5 Å². The third kappa shape index (κ3) is 6.41. The number of amides is 1.